The van der Waals surface area contributed by atoms with Gasteiger partial charge in [0.1, 0.15) is 0 Å². The first kappa shape index (κ1) is 19.5. The van der Waals surface area contributed by atoms with Crippen LogP contribution in [0.25, 0.3) is 10.9 Å². The lowest BCUT2D eigenvalue weighted by molar-refractivity contribution is -0.137. The van der Waals surface area contributed by atoms with Gasteiger partial charge in [0.05, 0.1) is 11.1 Å². The molecule has 1 fully saturated rings. The summed E-state index contributed by atoms with van der Waals surface area (Å²) >= 11 is 0. The van der Waals surface area contributed by atoms with Crippen LogP contribution in [0, 0.1) is 6.92 Å². The zero-order valence-electron chi connectivity index (χ0n) is 15.7. The molecule has 8 heteroatoms. The summed E-state index contributed by atoms with van der Waals surface area (Å²) in [6.07, 6.45) is -4.36. The number of aliphatic hydroxyl groups is 1. The fourth-order valence-electron chi connectivity index (χ4n) is 3.71. The van der Waals surface area contributed by atoms with E-state index in [9.17, 15) is 23.1 Å². The van der Waals surface area contributed by atoms with Crippen molar-refractivity contribution in [1.29, 1.82) is 0 Å². The molecule has 1 aliphatic rings. The van der Waals surface area contributed by atoms with E-state index in [0.29, 0.717) is 23.1 Å². The quantitative estimate of drug-likeness (QED) is 0.823. The van der Waals surface area contributed by atoms with Gasteiger partial charge in [0, 0.05) is 17.6 Å². The first-order valence-electron chi connectivity index (χ1n) is 8.82. The number of fused-ring (bicyclic) bond motifs is 1. The summed E-state index contributed by atoms with van der Waals surface area (Å²) < 4.78 is 45.1. The number of carbonyl (C=O) groups excluding carboxylic acids is 1. The molecule has 27 heavy (non-hydrogen) atoms. The molecule has 2 N–H and O–H groups in total. The predicted octanol–water partition coefficient (Wildman–Crippen LogP) is 4.37. The number of benzene rings is 1. The lowest BCUT2D eigenvalue weighted by Crippen LogP contribution is -2.55. The average Bonchev–Trinajstić information content (AvgIpc) is 2.96. The molecule has 1 aromatic heterocycles. The van der Waals surface area contributed by atoms with Gasteiger partial charge >= 0.3 is 12.3 Å². The van der Waals surface area contributed by atoms with Crippen molar-refractivity contribution in [3.05, 3.63) is 35.0 Å². The van der Waals surface area contributed by atoms with E-state index in [4.69, 9.17) is 4.74 Å². The third kappa shape index (κ3) is 2.96. The van der Waals surface area contributed by atoms with Crippen LogP contribution in [0.4, 0.5) is 18.0 Å². The second kappa shape index (κ2) is 6.15. The molecule has 0 bridgehead atoms. The summed E-state index contributed by atoms with van der Waals surface area (Å²) in [6, 6.07) is 4.04. The summed E-state index contributed by atoms with van der Waals surface area (Å²) in [4.78, 5) is 16.3. The number of aryl methyl sites for hydroxylation is 1. The Morgan fingerprint density at radius 3 is 2.52 bits per heavy atom. The highest BCUT2D eigenvalue weighted by Crippen LogP contribution is 2.40. The Hall–Kier alpha value is -2.22. The van der Waals surface area contributed by atoms with Crippen LogP contribution in [0.3, 0.4) is 0 Å². The third-order valence-electron chi connectivity index (χ3n) is 5.78. The number of aromatic amines is 1. The third-order valence-corrected chi connectivity index (χ3v) is 5.78. The number of hydrogen-bond donors (Lipinski definition) is 2. The lowest BCUT2D eigenvalue weighted by atomic mass is 9.90. The van der Waals surface area contributed by atoms with Crippen LogP contribution in [0.15, 0.2) is 18.2 Å². The molecule has 5 nitrogen and oxygen atoms in total. The predicted molar refractivity (Wildman–Crippen MR) is 94.2 cm³/mol. The molecule has 0 radical (unpaired) electrons. The topological polar surface area (TPSA) is 65.6 Å². The number of H-pyrrole nitrogens is 1. The Bertz CT molecular complexity index is 888. The van der Waals surface area contributed by atoms with Gasteiger partial charge in [-0.3, -0.25) is 4.90 Å². The minimum absolute atomic E-state index is 0.0339. The van der Waals surface area contributed by atoms with Gasteiger partial charge in [-0.05, 0) is 45.2 Å². The maximum atomic E-state index is 13.2. The number of nitrogens with one attached hydrogen (secondary N) is 1. The molecule has 0 unspecified atom stereocenters. The van der Waals surface area contributed by atoms with Crippen molar-refractivity contribution in [2.75, 3.05) is 6.54 Å². The number of halogens is 3. The number of nitrogens with zero attached hydrogens (tertiary/aromatic N) is 1. The summed E-state index contributed by atoms with van der Waals surface area (Å²) in [6.45, 7) is 6.83. The zero-order chi connectivity index (χ0) is 20.2. The Kier molecular flexibility index (Phi) is 4.45. The Morgan fingerprint density at radius 1 is 1.30 bits per heavy atom. The van der Waals surface area contributed by atoms with Crippen LogP contribution in [0.1, 0.15) is 44.0 Å². The fraction of sp³-hybridized carbons (Fsp3) is 0.526. The van der Waals surface area contributed by atoms with Crippen LogP contribution in [0.2, 0.25) is 0 Å². The van der Waals surface area contributed by atoms with E-state index in [1.54, 1.807) is 19.9 Å². The first-order chi connectivity index (χ1) is 12.4. The average molecular weight is 384 g/mol. The molecular weight excluding hydrogens is 361 g/mol. The van der Waals surface area contributed by atoms with Crippen molar-refractivity contribution in [1.82, 2.24) is 9.88 Å². The molecule has 0 spiro atoms. The molecule has 2 aromatic rings. The standard InChI is InChI=1S/C19H23F3N2O3/c1-5-17(3)18(4,26)24(16(25)27-17)10-9-12-11(2)23-15-13(12)7-6-8-14(15)19(20,21)22/h6-8,23,26H,5,9-10H2,1-4H3/t17-,18+/m0/s1. The number of amides is 1. The number of hydrogen-bond acceptors (Lipinski definition) is 3. The van der Waals surface area contributed by atoms with Gasteiger partial charge in [0.15, 0.2) is 11.3 Å². The second-order valence-corrected chi connectivity index (χ2v) is 7.33. The number of rotatable bonds is 4. The number of alkyl halides is 3. The van der Waals surface area contributed by atoms with Crippen molar-refractivity contribution < 1.29 is 27.8 Å². The highest BCUT2D eigenvalue weighted by molar-refractivity contribution is 5.88. The van der Waals surface area contributed by atoms with Gasteiger partial charge in [-0.2, -0.15) is 13.2 Å². The Labute approximate surface area is 155 Å². The van der Waals surface area contributed by atoms with Crippen LogP contribution >= 0.6 is 0 Å². The molecular formula is C19H23F3N2O3. The van der Waals surface area contributed by atoms with Gasteiger partial charge < -0.3 is 14.8 Å². The van der Waals surface area contributed by atoms with Gasteiger partial charge in [-0.25, -0.2) is 4.79 Å². The maximum Gasteiger partial charge on any atom is 0.418 e. The van der Waals surface area contributed by atoms with Gasteiger partial charge in [-0.15, -0.1) is 0 Å². The number of carbonyl (C=O) groups is 1. The summed E-state index contributed by atoms with van der Waals surface area (Å²) in [7, 11) is 0. The first-order valence-corrected chi connectivity index (χ1v) is 8.82. The summed E-state index contributed by atoms with van der Waals surface area (Å²) in [5.41, 5.74) is -1.94. The molecule has 1 amide bonds. The van der Waals surface area contributed by atoms with Gasteiger partial charge in [0.25, 0.3) is 0 Å². The van der Waals surface area contributed by atoms with Crippen molar-refractivity contribution in [2.24, 2.45) is 0 Å². The maximum absolute atomic E-state index is 13.2. The van der Waals surface area contributed by atoms with E-state index in [0.717, 1.165) is 6.07 Å². The van der Waals surface area contributed by atoms with Gasteiger partial charge in [0.2, 0.25) is 0 Å². The fourth-order valence-corrected chi connectivity index (χ4v) is 3.71. The van der Waals surface area contributed by atoms with E-state index in [1.165, 1.54) is 17.9 Å². The van der Waals surface area contributed by atoms with E-state index in [-0.39, 0.29) is 18.5 Å². The van der Waals surface area contributed by atoms with Crippen LogP contribution in [0.5, 0.6) is 0 Å². The molecule has 0 aliphatic carbocycles. The van der Waals surface area contributed by atoms with Crippen LogP contribution < -0.4 is 0 Å². The van der Waals surface area contributed by atoms with Crippen LogP contribution in [-0.4, -0.2) is 39.0 Å². The van der Waals surface area contributed by atoms with Crippen molar-refractivity contribution in [2.45, 2.75) is 58.0 Å². The number of aromatic nitrogens is 1. The van der Waals surface area contributed by atoms with Gasteiger partial charge in [-0.1, -0.05) is 19.1 Å². The zero-order valence-corrected chi connectivity index (χ0v) is 15.7. The highest BCUT2D eigenvalue weighted by atomic mass is 19.4. The Balaban J connectivity index is 1.93. The van der Waals surface area contributed by atoms with E-state index >= 15 is 0 Å². The van der Waals surface area contributed by atoms with E-state index < -0.39 is 29.2 Å². The number of cyclic esters (lactones) is 1. The number of ether oxygens (including phenoxy) is 1. The molecule has 1 aromatic carbocycles. The lowest BCUT2D eigenvalue weighted by Gasteiger charge is -2.36. The highest BCUT2D eigenvalue weighted by Gasteiger charge is 2.58. The molecule has 1 aliphatic heterocycles. The minimum atomic E-state index is -4.46. The molecule has 2 heterocycles. The Morgan fingerprint density at radius 2 is 1.96 bits per heavy atom. The molecule has 148 valence electrons. The van der Waals surface area contributed by atoms with Crippen molar-refractivity contribution in [3.63, 3.8) is 0 Å². The van der Waals surface area contributed by atoms with Crippen molar-refractivity contribution >= 4 is 17.0 Å². The SMILES string of the molecule is CC[C@]1(C)OC(=O)N(CCc2c(C)[nH]c3c(C(F)(F)F)cccc23)[C@]1(C)O. The second-order valence-electron chi connectivity index (χ2n) is 7.33. The molecule has 1 saturated heterocycles. The van der Waals surface area contributed by atoms with E-state index in [2.05, 4.69) is 4.98 Å². The molecule has 2 atom stereocenters. The van der Waals surface area contributed by atoms with E-state index in [1.807, 2.05) is 6.92 Å². The summed E-state index contributed by atoms with van der Waals surface area (Å²) in [5, 5.41) is 11.3. The monoisotopic (exact) mass is 384 g/mol. The number of para-hydroxylation sites is 1. The normalized spacial score (nSPS) is 26.1. The van der Waals surface area contributed by atoms with Crippen LogP contribution in [-0.2, 0) is 17.3 Å². The minimum Gasteiger partial charge on any atom is -0.438 e. The van der Waals surface area contributed by atoms with Crippen molar-refractivity contribution in [3.8, 4) is 0 Å². The molecule has 0 saturated carbocycles. The summed E-state index contributed by atoms with van der Waals surface area (Å²) in [5.74, 6) is 0. The smallest absolute Gasteiger partial charge is 0.418 e. The molecule has 3 rings (SSSR count). The largest absolute Gasteiger partial charge is 0.438 e.